The van der Waals surface area contributed by atoms with Crippen molar-refractivity contribution in [1.29, 1.82) is 0 Å². The molecule has 0 fully saturated rings. The van der Waals surface area contributed by atoms with E-state index in [1.165, 1.54) is 30.0 Å². The molecule has 0 saturated heterocycles. The summed E-state index contributed by atoms with van der Waals surface area (Å²) < 4.78 is 35.0. The summed E-state index contributed by atoms with van der Waals surface area (Å²) in [6.45, 7) is 0. The molecule has 6 nitrogen and oxygen atoms in total. The molecule has 0 aromatic heterocycles. The van der Waals surface area contributed by atoms with Crippen molar-refractivity contribution in [3.63, 3.8) is 0 Å². The number of primary amides is 1. The van der Waals surface area contributed by atoms with Crippen LogP contribution in [0.25, 0.3) is 0 Å². The number of anilines is 3. The van der Waals surface area contributed by atoms with Crippen LogP contribution < -0.4 is 21.1 Å². The fourth-order valence-corrected chi connectivity index (χ4v) is 3.63. The zero-order valence-corrected chi connectivity index (χ0v) is 19.7. The van der Waals surface area contributed by atoms with Crippen molar-refractivity contribution in [2.45, 2.75) is 0 Å². The van der Waals surface area contributed by atoms with Crippen LogP contribution in [0.1, 0.15) is 10.4 Å². The highest BCUT2D eigenvalue weighted by atomic mass is 127. The van der Waals surface area contributed by atoms with Gasteiger partial charge in [-0.05, 0) is 65.2 Å². The average Bonchev–Trinajstić information content (AvgIpc) is 2.70. The summed E-state index contributed by atoms with van der Waals surface area (Å²) in [5, 5.41) is 5.42. The molecule has 0 aliphatic heterocycles. The molecule has 32 heavy (non-hydrogen) atoms. The summed E-state index contributed by atoms with van der Waals surface area (Å²) >= 11 is 3.33. The maximum Gasteiger partial charge on any atom is 0.254 e. The zero-order chi connectivity index (χ0) is 23.3. The molecule has 2 amide bonds. The number of hydrogen-bond acceptors (Lipinski definition) is 5. The van der Waals surface area contributed by atoms with Crippen LogP contribution in [0.3, 0.4) is 0 Å². The summed E-state index contributed by atoms with van der Waals surface area (Å²) in [5.74, 6) is -2.01. The van der Waals surface area contributed by atoms with Gasteiger partial charge in [-0.2, -0.15) is 11.8 Å². The van der Waals surface area contributed by atoms with Gasteiger partial charge in [0.05, 0.1) is 17.1 Å². The molecule has 3 rings (SSSR count). The van der Waals surface area contributed by atoms with E-state index in [-0.39, 0.29) is 40.1 Å². The van der Waals surface area contributed by atoms with Crippen molar-refractivity contribution in [1.82, 2.24) is 0 Å². The lowest BCUT2D eigenvalue weighted by atomic mass is 10.1. The van der Waals surface area contributed by atoms with Crippen LogP contribution in [-0.4, -0.2) is 23.8 Å². The number of benzene rings is 3. The van der Waals surface area contributed by atoms with E-state index < -0.39 is 17.5 Å². The lowest BCUT2D eigenvalue weighted by Gasteiger charge is -2.16. The lowest BCUT2D eigenvalue weighted by Crippen LogP contribution is -2.15. The Balaban J connectivity index is 1.95. The third-order valence-electron chi connectivity index (χ3n) is 4.13. The number of nitrogens with one attached hydrogen (secondary N) is 2. The maximum atomic E-state index is 14.4. The second kappa shape index (κ2) is 10.6. The quantitative estimate of drug-likeness (QED) is 0.312. The second-order valence-corrected chi connectivity index (χ2v) is 8.66. The van der Waals surface area contributed by atoms with E-state index in [1.54, 1.807) is 24.3 Å². The lowest BCUT2D eigenvalue weighted by molar-refractivity contribution is -0.113. The van der Waals surface area contributed by atoms with E-state index >= 15 is 0 Å². The highest BCUT2D eigenvalue weighted by Gasteiger charge is 2.19. The van der Waals surface area contributed by atoms with Gasteiger partial charge >= 0.3 is 0 Å². The Labute approximate surface area is 201 Å². The van der Waals surface area contributed by atoms with Crippen molar-refractivity contribution in [3.8, 4) is 11.5 Å². The highest BCUT2D eigenvalue weighted by Crippen LogP contribution is 2.34. The van der Waals surface area contributed by atoms with Crippen LogP contribution in [-0.2, 0) is 4.79 Å². The largest absolute Gasteiger partial charge is 0.456 e. The fraction of sp³-hybridized carbons (Fsp3) is 0.0909. The Kier molecular flexibility index (Phi) is 7.91. The number of thioether (sulfide) groups is 1. The molecule has 0 bridgehead atoms. The van der Waals surface area contributed by atoms with Crippen molar-refractivity contribution in [2.24, 2.45) is 5.73 Å². The van der Waals surface area contributed by atoms with Gasteiger partial charge in [-0.3, -0.25) is 9.59 Å². The average molecular weight is 569 g/mol. The van der Waals surface area contributed by atoms with E-state index in [4.69, 9.17) is 10.5 Å². The van der Waals surface area contributed by atoms with Gasteiger partial charge in [0, 0.05) is 21.4 Å². The number of rotatable bonds is 8. The van der Waals surface area contributed by atoms with E-state index in [2.05, 4.69) is 10.6 Å². The predicted molar refractivity (Wildman–Crippen MR) is 131 cm³/mol. The third kappa shape index (κ3) is 6.10. The molecule has 0 heterocycles. The molecule has 3 aromatic rings. The van der Waals surface area contributed by atoms with E-state index in [1.807, 2.05) is 28.8 Å². The Bertz CT molecular complexity index is 1180. The van der Waals surface area contributed by atoms with Crippen LogP contribution in [0.2, 0.25) is 0 Å². The first-order chi connectivity index (χ1) is 15.3. The number of hydrogen-bond donors (Lipinski definition) is 3. The van der Waals surface area contributed by atoms with Gasteiger partial charge in [-0.15, -0.1) is 0 Å². The first-order valence-corrected chi connectivity index (χ1v) is 11.7. The maximum absolute atomic E-state index is 14.4. The van der Waals surface area contributed by atoms with Crippen molar-refractivity contribution >= 4 is 63.2 Å². The summed E-state index contributed by atoms with van der Waals surface area (Å²) in [6.07, 6.45) is 1.81. The third-order valence-corrected chi connectivity index (χ3v) is 5.36. The zero-order valence-electron chi connectivity index (χ0n) is 16.7. The van der Waals surface area contributed by atoms with Crippen molar-refractivity contribution in [3.05, 3.63) is 75.4 Å². The molecule has 0 unspecified atom stereocenters. The molecule has 0 aliphatic carbocycles. The topological polar surface area (TPSA) is 93.4 Å². The van der Waals surface area contributed by atoms with Gasteiger partial charge in [0.2, 0.25) is 5.91 Å². The van der Waals surface area contributed by atoms with Gasteiger partial charge in [-0.25, -0.2) is 8.78 Å². The molecular weight excluding hydrogens is 551 g/mol. The van der Waals surface area contributed by atoms with Crippen LogP contribution >= 0.6 is 34.4 Å². The monoisotopic (exact) mass is 569 g/mol. The van der Waals surface area contributed by atoms with Crippen LogP contribution in [0.15, 0.2) is 54.6 Å². The summed E-state index contributed by atoms with van der Waals surface area (Å²) in [6, 6.07) is 12.9. The Morgan fingerprint density at radius 2 is 1.88 bits per heavy atom. The molecule has 166 valence electrons. The van der Waals surface area contributed by atoms with Gasteiger partial charge in [0.25, 0.3) is 5.91 Å². The second-order valence-electron chi connectivity index (χ2n) is 6.55. The van der Waals surface area contributed by atoms with Gasteiger partial charge in [-0.1, -0.05) is 6.07 Å². The molecule has 10 heteroatoms. The van der Waals surface area contributed by atoms with E-state index in [0.29, 0.717) is 9.26 Å². The number of halogens is 3. The van der Waals surface area contributed by atoms with Gasteiger partial charge < -0.3 is 21.1 Å². The summed E-state index contributed by atoms with van der Waals surface area (Å²) in [4.78, 5) is 24.0. The van der Waals surface area contributed by atoms with Crippen LogP contribution in [0.4, 0.5) is 25.8 Å². The number of amides is 2. The number of nitrogens with two attached hydrogens (primary N) is 1. The molecule has 0 spiro atoms. The van der Waals surface area contributed by atoms with E-state index in [0.717, 1.165) is 12.1 Å². The Morgan fingerprint density at radius 3 is 2.56 bits per heavy atom. The summed E-state index contributed by atoms with van der Waals surface area (Å²) in [7, 11) is 0. The first kappa shape index (κ1) is 23.8. The minimum atomic E-state index is -0.891. The first-order valence-electron chi connectivity index (χ1n) is 9.19. The number of carbonyl (C=O) groups is 2. The minimum Gasteiger partial charge on any atom is -0.456 e. The molecule has 0 aliphatic rings. The molecule has 0 radical (unpaired) electrons. The van der Waals surface area contributed by atoms with Gasteiger partial charge in [0.1, 0.15) is 28.7 Å². The molecular formula is C22H18F2IN3O3S. The minimum absolute atomic E-state index is 0.0444. The smallest absolute Gasteiger partial charge is 0.254 e. The molecule has 0 atom stereocenters. The van der Waals surface area contributed by atoms with Crippen LogP contribution in [0, 0.1) is 15.2 Å². The number of ether oxygens (including phenoxy) is 1. The Morgan fingerprint density at radius 1 is 1.09 bits per heavy atom. The SMILES string of the molecule is CSCC(=O)Nc1cccc(Oc2cc(F)cc(Nc3ccc(I)cc3F)c2C(N)=O)c1. The van der Waals surface area contributed by atoms with Gasteiger partial charge in [0.15, 0.2) is 0 Å². The highest BCUT2D eigenvalue weighted by molar-refractivity contribution is 14.1. The Hall–Kier alpha value is -2.86. The molecule has 4 N–H and O–H groups in total. The number of carbonyl (C=O) groups excluding carboxylic acids is 2. The predicted octanol–water partition coefficient (Wildman–Crippen LogP) is 5.51. The normalized spacial score (nSPS) is 10.5. The van der Waals surface area contributed by atoms with Crippen molar-refractivity contribution in [2.75, 3.05) is 22.6 Å². The molecule has 3 aromatic carbocycles. The van der Waals surface area contributed by atoms with Crippen molar-refractivity contribution < 1.29 is 23.1 Å². The standard InChI is InChI=1S/C22H18F2IN3O3S/c1-32-11-20(29)27-14-3-2-4-15(10-14)31-19-8-12(23)7-18(21(19)22(26)30)28-17-6-5-13(25)9-16(17)24/h2-10,28H,11H2,1H3,(H2,26,30)(H,27,29). The fourth-order valence-electron chi connectivity index (χ4n) is 2.84. The van der Waals surface area contributed by atoms with Crippen LogP contribution in [0.5, 0.6) is 11.5 Å². The van der Waals surface area contributed by atoms with E-state index in [9.17, 15) is 18.4 Å². The summed E-state index contributed by atoms with van der Waals surface area (Å²) in [5.41, 5.74) is 5.85. The molecule has 0 saturated carbocycles.